The van der Waals surface area contributed by atoms with Crippen molar-refractivity contribution >= 4 is 23.2 Å². The summed E-state index contributed by atoms with van der Waals surface area (Å²) < 4.78 is 0. The third-order valence-electron chi connectivity index (χ3n) is 5.28. The van der Waals surface area contributed by atoms with Crippen molar-refractivity contribution < 1.29 is 9.59 Å². The quantitative estimate of drug-likeness (QED) is 0.763. The SMILES string of the molecule is CC(C)CNC(=O)C1(C(=O)Nc2ccc(N3CCN(C)CC3)cc2)CC1. The first-order valence-corrected chi connectivity index (χ1v) is 9.54. The highest BCUT2D eigenvalue weighted by molar-refractivity contribution is 6.13. The van der Waals surface area contributed by atoms with Gasteiger partial charge >= 0.3 is 0 Å². The minimum atomic E-state index is -0.870. The first-order chi connectivity index (χ1) is 12.4. The highest BCUT2D eigenvalue weighted by atomic mass is 16.2. The Hall–Kier alpha value is -2.08. The standard InChI is InChI=1S/C20H30N4O2/c1-15(2)14-21-18(25)20(8-9-20)19(26)22-16-4-6-17(7-5-16)24-12-10-23(3)11-13-24/h4-7,15H,8-14H2,1-3H3,(H,21,25)(H,22,26). The molecule has 142 valence electrons. The molecule has 6 heteroatoms. The molecule has 0 unspecified atom stereocenters. The van der Waals surface area contributed by atoms with E-state index in [4.69, 9.17) is 0 Å². The molecule has 1 aromatic carbocycles. The van der Waals surface area contributed by atoms with Crippen LogP contribution in [0.4, 0.5) is 11.4 Å². The van der Waals surface area contributed by atoms with Gasteiger partial charge in [0, 0.05) is 44.1 Å². The van der Waals surface area contributed by atoms with Crippen molar-refractivity contribution in [3.8, 4) is 0 Å². The van der Waals surface area contributed by atoms with E-state index in [-0.39, 0.29) is 11.8 Å². The summed E-state index contributed by atoms with van der Waals surface area (Å²) in [7, 11) is 2.14. The van der Waals surface area contributed by atoms with Gasteiger partial charge in [0.1, 0.15) is 5.41 Å². The fourth-order valence-electron chi connectivity index (χ4n) is 3.22. The van der Waals surface area contributed by atoms with Gasteiger partial charge in [0.25, 0.3) is 0 Å². The molecule has 0 radical (unpaired) electrons. The Balaban J connectivity index is 1.57. The van der Waals surface area contributed by atoms with E-state index in [9.17, 15) is 9.59 Å². The van der Waals surface area contributed by atoms with Crippen LogP contribution in [0, 0.1) is 11.3 Å². The Morgan fingerprint density at radius 3 is 2.19 bits per heavy atom. The summed E-state index contributed by atoms with van der Waals surface area (Å²) in [6, 6.07) is 7.93. The lowest BCUT2D eigenvalue weighted by atomic mass is 10.0. The van der Waals surface area contributed by atoms with Gasteiger partial charge in [-0.1, -0.05) is 13.8 Å². The van der Waals surface area contributed by atoms with Gasteiger partial charge in [-0.15, -0.1) is 0 Å². The van der Waals surface area contributed by atoms with Crippen LogP contribution in [0.3, 0.4) is 0 Å². The zero-order valence-electron chi connectivity index (χ0n) is 16.0. The van der Waals surface area contributed by atoms with Gasteiger partial charge in [0.05, 0.1) is 0 Å². The number of benzene rings is 1. The topological polar surface area (TPSA) is 64.7 Å². The van der Waals surface area contributed by atoms with Gasteiger partial charge in [-0.25, -0.2) is 0 Å². The van der Waals surface area contributed by atoms with Gasteiger partial charge in [-0.3, -0.25) is 9.59 Å². The maximum atomic E-state index is 12.6. The average molecular weight is 358 g/mol. The minimum absolute atomic E-state index is 0.141. The fraction of sp³-hybridized carbons (Fsp3) is 0.600. The Morgan fingerprint density at radius 2 is 1.65 bits per heavy atom. The molecule has 0 spiro atoms. The lowest BCUT2D eigenvalue weighted by Crippen LogP contribution is -2.44. The first kappa shape index (κ1) is 18.7. The predicted octanol–water partition coefficient (Wildman–Crippen LogP) is 1.93. The number of likely N-dealkylation sites (N-methyl/N-ethyl adjacent to an activating group) is 1. The number of hydrogen-bond acceptors (Lipinski definition) is 4. The Kier molecular flexibility index (Phi) is 5.51. The summed E-state index contributed by atoms with van der Waals surface area (Å²) >= 11 is 0. The van der Waals surface area contributed by atoms with Crippen LogP contribution < -0.4 is 15.5 Å². The van der Waals surface area contributed by atoms with E-state index in [0.29, 0.717) is 25.3 Å². The third-order valence-corrected chi connectivity index (χ3v) is 5.28. The molecule has 3 rings (SSSR count). The zero-order chi connectivity index (χ0) is 18.7. The molecule has 1 saturated heterocycles. The second-order valence-corrected chi connectivity index (χ2v) is 7.98. The van der Waals surface area contributed by atoms with Crippen molar-refractivity contribution in [2.75, 3.05) is 50.0 Å². The number of piperazine rings is 1. The molecule has 1 saturated carbocycles. The number of hydrogen-bond donors (Lipinski definition) is 2. The summed E-state index contributed by atoms with van der Waals surface area (Å²) in [4.78, 5) is 29.7. The van der Waals surface area contributed by atoms with E-state index in [2.05, 4.69) is 27.5 Å². The van der Waals surface area contributed by atoms with E-state index in [1.807, 2.05) is 38.1 Å². The van der Waals surface area contributed by atoms with Gasteiger partial charge < -0.3 is 20.4 Å². The van der Waals surface area contributed by atoms with E-state index < -0.39 is 5.41 Å². The molecule has 2 aliphatic rings. The average Bonchev–Trinajstić information content (AvgIpc) is 3.43. The largest absolute Gasteiger partial charge is 0.369 e. The number of anilines is 2. The van der Waals surface area contributed by atoms with E-state index in [1.165, 1.54) is 5.69 Å². The lowest BCUT2D eigenvalue weighted by Gasteiger charge is -2.34. The second-order valence-electron chi connectivity index (χ2n) is 7.98. The normalized spacial score (nSPS) is 19.3. The smallest absolute Gasteiger partial charge is 0.240 e. The molecule has 1 aromatic rings. The van der Waals surface area contributed by atoms with E-state index >= 15 is 0 Å². The molecular formula is C20H30N4O2. The molecule has 1 aliphatic carbocycles. The number of carbonyl (C=O) groups excluding carboxylic acids is 2. The number of nitrogens with zero attached hydrogens (tertiary/aromatic N) is 2. The minimum Gasteiger partial charge on any atom is -0.369 e. The summed E-state index contributed by atoms with van der Waals surface area (Å²) in [6.07, 6.45) is 1.25. The van der Waals surface area contributed by atoms with Gasteiger partial charge in [-0.05, 0) is 50.1 Å². The van der Waals surface area contributed by atoms with Gasteiger partial charge in [0.15, 0.2) is 0 Å². The summed E-state index contributed by atoms with van der Waals surface area (Å²) in [6.45, 7) is 8.85. The Labute approximate surface area is 155 Å². The predicted molar refractivity (Wildman–Crippen MR) is 104 cm³/mol. The van der Waals surface area contributed by atoms with Gasteiger partial charge in [0.2, 0.25) is 11.8 Å². The van der Waals surface area contributed by atoms with Crippen molar-refractivity contribution in [2.24, 2.45) is 11.3 Å². The van der Waals surface area contributed by atoms with Crippen molar-refractivity contribution in [3.05, 3.63) is 24.3 Å². The van der Waals surface area contributed by atoms with Crippen molar-refractivity contribution in [3.63, 3.8) is 0 Å². The maximum absolute atomic E-state index is 12.6. The van der Waals surface area contributed by atoms with Crippen LogP contribution in [0.15, 0.2) is 24.3 Å². The molecule has 2 amide bonds. The highest BCUT2D eigenvalue weighted by Crippen LogP contribution is 2.46. The van der Waals surface area contributed by atoms with E-state index in [1.54, 1.807) is 0 Å². The van der Waals surface area contributed by atoms with E-state index in [0.717, 1.165) is 31.9 Å². The summed E-state index contributed by atoms with van der Waals surface area (Å²) in [5.41, 5.74) is 1.05. The van der Waals surface area contributed by atoms with Crippen LogP contribution in [0.2, 0.25) is 0 Å². The molecule has 0 aromatic heterocycles. The molecule has 2 fully saturated rings. The second kappa shape index (κ2) is 7.66. The summed E-state index contributed by atoms with van der Waals surface area (Å²) in [5.74, 6) is 0.0452. The Morgan fingerprint density at radius 1 is 1.04 bits per heavy atom. The Bertz CT molecular complexity index is 644. The summed E-state index contributed by atoms with van der Waals surface area (Å²) in [5, 5.41) is 5.82. The number of rotatable bonds is 6. The zero-order valence-corrected chi connectivity index (χ0v) is 16.0. The van der Waals surface area contributed by atoms with Crippen LogP contribution in [-0.4, -0.2) is 56.5 Å². The molecule has 1 aliphatic heterocycles. The molecule has 1 heterocycles. The number of nitrogens with one attached hydrogen (secondary N) is 2. The molecule has 26 heavy (non-hydrogen) atoms. The maximum Gasteiger partial charge on any atom is 0.240 e. The van der Waals surface area contributed by atoms with Crippen LogP contribution >= 0.6 is 0 Å². The van der Waals surface area contributed by atoms with Crippen molar-refractivity contribution in [2.45, 2.75) is 26.7 Å². The fourth-order valence-corrected chi connectivity index (χ4v) is 3.22. The molecular weight excluding hydrogens is 328 g/mol. The van der Waals surface area contributed by atoms with Crippen LogP contribution in [0.25, 0.3) is 0 Å². The van der Waals surface area contributed by atoms with Crippen LogP contribution in [-0.2, 0) is 9.59 Å². The molecule has 0 atom stereocenters. The van der Waals surface area contributed by atoms with Crippen molar-refractivity contribution in [1.29, 1.82) is 0 Å². The monoisotopic (exact) mass is 358 g/mol. The molecule has 6 nitrogen and oxygen atoms in total. The highest BCUT2D eigenvalue weighted by Gasteiger charge is 2.56. The van der Waals surface area contributed by atoms with Gasteiger partial charge in [-0.2, -0.15) is 0 Å². The van der Waals surface area contributed by atoms with Crippen LogP contribution in [0.5, 0.6) is 0 Å². The number of carbonyl (C=O) groups is 2. The molecule has 0 bridgehead atoms. The molecule has 2 N–H and O–H groups in total. The third kappa shape index (κ3) is 4.18. The lowest BCUT2D eigenvalue weighted by molar-refractivity contribution is -0.134. The van der Waals surface area contributed by atoms with Crippen molar-refractivity contribution in [1.82, 2.24) is 10.2 Å². The first-order valence-electron chi connectivity index (χ1n) is 9.54. The number of amides is 2. The van der Waals surface area contributed by atoms with Crippen LogP contribution in [0.1, 0.15) is 26.7 Å².